The van der Waals surface area contributed by atoms with Crippen LogP contribution in [0.2, 0.25) is 0 Å². The van der Waals surface area contributed by atoms with Gasteiger partial charge >= 0.3 is 0 Å². The molecule has 0 radical (unpaired) electrons. The van der Waals surface area contributed by atoms with E-state index in [1.165, 1.54) is 35.7 Å². The van der Waals surface area contributed by atoms with Crippen LogP contribution < -0.4 is 9.80 Å². The van der Waals surface area contributed by atoms with Crippen LogP contribution in [-0.2, 0) is 0 Å². The van der Waals surface area contributed by atoms with Crippen LogP contribution in [0.1, 0.15) is 22.7 Å². The Kier molecular flexibility index (Phi) is 4.06. The van der Waals surface area contributed by atoms with E-state index in [4.69, 9.17) is 0 Å². The Balaban J connectivity index is 1.71. The van der Waals surface area contributed by atoms with Crippen LogP contribution in [0.5, 0.6) is 5.88 Å². The molecule has 3 N–H and O–H groups in total. The maximum Gasteiger partial charge on any atom is 0.235 e. The van der Waals surface area contributed by atoms with Crippen LogP contribution in [-0.4, -0.2) is 52.4 Å². The van der Waals surface area contributed by atoms with Crippen molar-refractivity contribution in [2.24, 2.45) is 0 Å². The van der Waals surface area contributed by atoms with Gasteiger partial charge in [0.25, 0.3) is 0 Å². The number of thiophene rings is 1. The Labute approximate surface area is 142 Å². The van der Waals surface area contributed by atoms with Crippen LogP contribution in [0.4, 0.5) is 0 Å². The summed E-state index contributed by atoms with van der Waals surface area (Å²) in [5, 5.41) is 16.9. The third-order valence-electron chi connectivity index (χ3n) is 4.74. The molecule has 0 bridgehead atoms. The molecule has 0 saturated carbocycles. The highest BCUT2D eigenvalue weighted by molar-refractivity contribution is 7.17. The van der Waals surface area contributed by atoms with Gasteiger partial charge in [0.1, 0.15) is 37.4 Å². The Morgan fingerprint density at radius 3 is 2.83 bits per heavy atom. The first-order chi connectivity index (χ1) is 11.3. The number of likely N-dealkylation sites (N-methyl/N-ethyl adjacent to an activating group) is 1. The SMILES string of the molecule is CC[NH+]1CC[NH+]([C@@H](c2cccs2)c2sc3ncnn3c2O)CC1. The first-order valence-electron chi connectivity index (χ1n) is 8.01. The minimum atomic E-state index is 0.182. The Bertz CT molecular complexity index is 773. The van der Waals surface area contributed by atoms with E-state index in [-0.39, 0.29) is 11.9 Å². The Morgan fingerprint density at radius 1 is 1.35 bits per heavy atom. The number of thiazole rings is 1. The molecule has 1 saturated heterocycles. The molecule has 0 unspecified atom stereocenters. The van der Waals surface area contributed by atoms with E-state index in [9.17, 15) is 5.11 Å². The highest BCUT2D eigenvalue weighted by atomic mass is 32.1. The topological polar surface area (TPSA) is 59.3 Å². The molecule has 4 heterocycles. The van der Waals surface area contributed by atoms with E-state index in [0.29, 0.717) is 0 Å². The van der Waals surface area contributed by atoms with Crippen LogP contribution in [0.15, 0.2) is 23.8 Å². The van der Waals surface area contributed by atoms with E-state index in [1.807, 2.05) is 0 Å². The molecule has 1 fully saturated rings. The zero-order valence-electron chi connectivity index (χ0n) is 13.0. The highest BCUT2D eigenvalue weighted by Gasteiger charge is 2.36. The highest BCUT2D eigenvalue weighted by Crippen LogP contribution is 2.35. The molecule has 0 amide bonds. The molecule has 1 atom stereocenters. The van der Waals surface area contributed by atoms with Crippen molar-refractivity contribution < 1.29 is 14.9 Å². The van der Waals surface area contributed by atoms with Crippen molar-refractivity contribution in [3.63, 3.8) is 0 Å². The molecule has 0 aliphatic carbocycles. The van der Waals surface area contributed by atoms with E-state index >= 15 is 0 Å². The molecule has 8 heteroatoms. The number of piperazine rings is 1. The lowest BCUT2D eigenvalue weighted by molar-refractivity contribution is -1.02. The fraction of sp³-hybridized carbons (Fsp3) is 0.467. The maximum absolute atomic E-state index is 10.6. The number of hydrogen-bond acceptors (Lipinski definition) is 5. The second-order valence-electron chi connectivity index (χ2n) is 5.95. The number of nitrogens with one attached hydrogen (secondary N) is 2. The second kappa shape index (κ2) is 6.20. The molecule has 6 nitrogen and oxygen atoms in total. The van der Waals surface area contributed by atoms with Crippen LogP contribution in [0.25, 0.3) is 4.96 Å². The summed E-state index contributed by atoms with van der Waals surface area (Å²) in [6.07, 6.45) is 1.49. The number of quaternary nitrogens is 2. The van der Waals surface area contributed by atoms with E-state index in [2.05, 4.69) is 34.5 Å². The van der Waals surface area contributed by atoms with Crippen LogP contribution in [0, 0.1) is 0 Å². The number of rotatable bonds is 4. The van der Waals surface area contributed by atoms with Crippen molar-refractivity contribution >= 4 is 27.6 Å². The quantitative estimate of drug-likeness (QED) is 0.591. The lowest BCUT2D eigenvalue weighted by atomic mass is 10.1. The molecule has 3 aromatic heterocycles. The normalized spacial score (nSPS) is 23.3. The van der Waals surface area contributed by atoms with Crippen molar-refractivity contribution in [1.29, 1.82) is 0 Å². The number of aromatic hydroxyl groups is 1. The molecule has 4 rings (SSSR count). The Morgan fingerprint density at radius 2 is 2.17 bits per heavy atom. The van der Waals surface area contributed by atoms with Crippen molar-refractivity contribution in [2.75, 3.05) is 32.7 Å². The second-order valence-corrected chi connectivity index (χ2v) is 7.94. The summed E-state index contributed by atoms with van der Waals surface area (Å²) in [7, 11) is 0. The van der Waals surface area contributed by atoms with Gasteiger partial charge in [-0.15, -0.1) is 11.3 Å². The zero-order chi connectivity index (χ0) is 15.8. The van der Waals surface area contributed by atoms with E-state index in [0.717, 1.165) is 22.9 Å². The van der Waals surface area contributed by atoms with Crippen LogP contribution >= 0.6 is 22.7 Å². The van der Waals surface area contributed by atoms with Gasteiger partial charge in [-0.05, 0) is 18.4 Å². The van der Waals surface area contributed by atoms with Crippen molar-refractivity contribution in [1.82, 2.24) is 14.6 Å². The molecular formula is C15H21N5OS2+2. The summed E-state index contributed by atoms with van der Waals surface area (Å²) >= 11 is 3.32. The average molecular weight is 352 g/mol. The lowest BCUT2D eigenvalue weighted by Crippen LogP contribution is -3.28. The van der Waals surface area contributed by atoms with Crippen molar-refractivity contribution in [2.45, 2.75) is 13.0 Å². The minimum Gasteiger partial charge on any atom is -0.492 e. The fourth-order valence-corrected chi connectivity index (χ4v) is 5.49. The minimum absolute atomic E-state index is 0.182. The number of nitrogens with zero attached hydrogens (tertiary/aromatic N) is 3. The van der Waals surface area contributed by atoms with E-state index in [1.54, 1.807) is 32.1 Å². The van der Waals surface area contributed by atoms with Gasteiger partial charge < -0.3 is 14.9 Å². The van der Waals surface area contributed by atoms with Gasteiger partial charge in [-0.3, -0.25) is 0 Å². The molecule has 0 spiro atoms. The van der Waals surface area contributed by atoms with Gasteiger partial charge in [-0.2, -0.15) is 9.61 Å². The third kappa shape index (κ3) is 2.65. The van der Waals surface area contributed by atoms with Gasteiger partial charge in [0, 0.05) is 0 Å². The standard InChI is InChI=1S/C15H19N5OS2/c1-2-18-5-7-19(8-6-18)12(11-4-3-9-22-11)13-14(21)20-15(23-13)16-10-17-20/h3-4,9-10,12,21H,2,5-8H2,1H3/p+2/t12-/m0/s1. The summed E-state index contributed by atoms with van der Waals surface area (Å²) in [6, 6.07) is 4.45. The molecule has 23 heavy (non-hydrogen) atoms. The smallest absolute Gasteiger partial charge is 0.235 e. The van der Waals surface area contributed by atoms with Gasteiger partial charge in [0.2, 0.25) is 10.8 Å². The molecule has 3 aromatic rings. The van der Waals surface area contributed by atoms with E-state index < -0.39 is 0 Å². The van der Waals surface area contributed by atoms with Gasteiger partial charge in [0.05, 0.1) is 11.4 Å². The fourth-order valence-electron chi connectivity index (χ4n) is 3.42. The first kappa shape index (κ1) is 15.1. The molecular weight excluding hydrogens is 330 g/mol. The zero-order valence-corrected chi connectivity index (χ0v) is 14.7. The first-order valence-corrected chi connectivity index (χ1v) is 9.70. The average Bonchev–Trinajstić information content (AvgIpc) is 3.30. The number of fused-ring (bicyclic) bond motifs is 1. The number of aromatic nitrogens is 3. The third-order valence-corrected chi connectivity index (χ3v) is 6.77. The monoisotopic (exact) mass is 351 g/mol. The van der Waals surface area contributed by atoms with Crippen molar-refractivity contribution in [3.8, 4) is 5.88 Å². The summed E-state index contributed by atoms with van der Waals surface area (Å²) in [6.45, 7) is 8.07. The summed E-state index contributed by atoms with van der Waals surface area (Å²) in [5.41, 5.74) is 0. The van der Waals surface area contributed by atoms with Gasteiger partial charge in [0.15, 0.2) is 6.04 Å². The number of hydrogen-bond donors (Lipinski definition) is 3. The summed E-state index contributed by atoms with van der Waals surface area (Å²) in [4.78, 5) is 10.5. The predicted octanol–water partition coefficient (Wildman–Crippen LogP) is -0.549. The molecule has 0 aromatic carbocycles. The summed E-state index contributed by atoms with van der Waals surface area (Å²) < 4.78 is 1.55. The predicted molar refractivity (Wildman–Crippen MR) is 90.6 cm³/mol. The van der Waals surface area contributed by atoms with Crippen LogP contribution in [0.3, 0.4) is 0 Å². The largest absolute Gasteiger partial charge is 0.492 e. The molecule has 1 aliphatic rings. The molecule has 1 aliphatic heterocycles. The lowest BCUT2D eigenvalue weighted by Gasteiger charge is -2.33. The maximum atomic E-state index is 10.6. The van der Waals surface area contributed by atoms with Gasteiger partial charge in [-0.1, -0.05) is 17.4 Å². The van der Waals surface area contributed by atoms with Crippen molar-refractivity contribution in [3.05, 3.63) is 33.6 Å². The molecule has 122 valence electrons. The Hall–Kier alpha value is -1.48. The van der Waals surface area contributed by atoms with Gasteiger partial charge in [-0.25, -0.2) is 4.98 Å². The summed E-state index contributed by atoms with van der Waals surface area (Å²) in [5.74, 6) is 0.249.